The molecule has 0 radical (unpaired) electrons. The summed E-state index contributed by atoms with van der Waals surface area (Å²) >= 11 is 0. The van der Waals surface area contributed by atoms with E-state index in [9.17, 15) is 76.7 Å². The number of likely N-dealkylation sites (N-methyl/N-ethyl adjacent to an activating group) is 2. The van der Waals surface area contributed by atoms with Gasteiger partial charge in [0.15, 0.2) is 40.5 Å². The van der Waals surface area contributed by atoms with Crippen LogP contribution in [-0.4, -0.2) is 170 Å². The van der Waals surface area contributed by atoms with Crippen LogP contribution in [0.25, 0.3) is 0 Å². The van der Waals surface area contributed by atoms with E-state index < -0.39 is 27.6 Å². The van der Waals surface area contributed by atoms with E-state index in [2.05, 4.69) is 58.1 Å². The number of rotatable bonds is 30. The summed E-state index contributed by atoms with van der Waals surface area (Å²) in [6.07, 6.45) is 14.6. The van der Waals surface area contributed by atoms with Crippen LogP contribution < -0.4 is 21.3 Å². The molecule has 0 aliphatic heterocycles. The van der Waals surface area contributed by atoms with Gasteiger partial charge in [-0.1, -0.05) is 214 Å². The molecule has 22 nitrogen and oxygen atoms in total. The van der Waals surface area contributed by atoms with Crippen molar-refractivity contribution in [2.45, 2.75) is 259 Å². The minimum atomic E-state index is -0.410. The average molecular weight is 1540 g/mol. The molecule has 0 aromatic heterocycles. The van der Waals surface area contributed by atoms with Crippen LogP contribution in [0.4, 0.5) is 0 Å². The number of carbonyl (C=O) groups is 16. The van der Waals surface area contributed by atoms with Gasteiger partial charge in [0.05, 0.1) is 26.2 Å². The molecule has 4 amide bonds. The fraction of sp³-hybridized carbons (Fsp3) is 0.636. The summed E-state index contributed by atoms with van der Waals surface area (Å²) in [4.78, 5) is 183. The molecular weight excluding hydrogens is 1400 g/mol. The van der Waals surface area contributed by atoms with Gasteiger partial charge in [0, 0.05) is 120 Å². The first-order valence-corrected chi connectivity index (χ1v) is 37.0. The zero-order valence-electron chi connectivity index (χ0n) is 74.4. The summed E-state index contributed by atoms with van der Waals surface area (Å²) in [5, 5.41) is 9.98. The lowest BCUT2D eigenvalue weighted by Crippen LogP contribution is -2.34. The second kappa shape index (κ2) is 59.2. The van der Waals surface area contributed by atoms with Gasteiger partial charge >= 0.3 is 0 Å². The van der Waals surface area contributed by atoms with Crippen LogP contribution in [0.5, 0.6) is 0 Å². The van der Waals surface area contributed by atoms with Crippen molar-refractivity contribution in [3.63, 3.8) is 0 Å². The van der Waals surface area contributed by atoms with Gasteiger partial charge < -0.3 is 31.1 Å². The van der Waals surface area contributed by atoms with Crippen LogP contribution in [0, 0.1) is 67.0 Å². The largest absolute Gasteiger partial charge is 0.345 e. The Bertz CT molecular complexity index is 3060. The Balaban J connectivity index is -0.000000181. The van der Waals surface area contributed by atoms with Gasteiger partial charge in [0.25, 0.3) is 5.91 Å². The SMILES string of the molecule is C=CC(=O)CCC(=O)C(C)(C)C.C=CC(=O)NCC(=O)C(C)(C)C.CC#CC(=O)CCC(=O)C(C)(C)C.CC#CC(=O)NCC(=O)C(C)(C)C.CC(C)=CC(=O)CCC(=O)C(C)(C)C.CC(C)=CC(=O)NCC(=O)C(C)(C)C.CN(C)C/C=C/C(=O)CCC(=O)C(C)(C)C.CN(C)C/C=C/C(=O)NCC(=O)C(C)(C)C. The lowest BCUT2D eigenvalue weighted by molar-refractivity contribution is -0.128. The highest BCUT2D eigenvalue weighted by molar-refractivity contribution is 6.00. The second-order valence-electron chi connectivity index (χ2n) is 35.0. The van der Waals surface area contributed by atoms with Crippen LogP contribution in [0.1, 0.15) is 259 Å². The Kier molecular flexibility index (Phi) is 63.1. The number of ketones is 12. The molecule has 0 saturated heterocycles. The molecule has 0 heterocycles. The molecule has 0 atom stereocenters. The minimum Gasteiger partial charge on any atom is -0.345 e. The maximum atomic E-state index is 11.6. The Morgan fingerprint density at radius 2 is 0.582 bits per heavy atom. The summed E-state index contributed by atoms with van der Waals surface area (Å²) < 4.78 is 0. The molecule has 22 heteroatoms. The summed E-state index contributed by atoms with van der Waals surface area (Å²) in [6.45, 7) is 63.3. The maximum absolute atomic E-state index is 11.6. The van der Waals surface area contributed by atoms with Gasteiger partial charge in [0.1, 0.15) is 23.1 Å². The van der Waals surface area contributed by atoms with Crippen molar-refractivity contribution in [1.29, 1.82) is 0 Å². The molecule has 0 saturated carbocycles. The predicted molar refractivity (Wildman–Crippen MR) is 446 cm³/mol. The summed E-state index contributed by atoms with van der Waals surface area (Å²) in [7, 11) is 7.73. The number of amides is 4. The van der Waals surface area contributed by atoms with Crippen molar-refractivity contribution in [3.05, 3.63) is 72.9 Å². The second-order valence-corrected chi connectivity index (χ2v) is 35.0. The van der Waals surface area contributed by atoms with Crippen molar-refractivity contribution in [2.24, 2.45) is 43.3 Å². The van der Waals surface area contributed by atoms with Crippen molar-refractivity contribution < 1.29 is 76.7 Å². The molecule has 110 heavy (non-hydrogen) atoms. The normalized spacial score (nSPS) is 11.0. The zero-order valence-corrected chi connectivity index (χ0v) is 74.4. The lowest BCUT2D eigenvalue weighted by Gasteiger charge is -2.16. The fourth-order valence-corrected chi connectivity index (χ4v) is 6.31. The van der Waals surface area contributed by atoms with E-state index in [1.807, 2.05) is 238 Å². The van der Waals surface area contributed by atoms with E-state index in [1.165, 1.54) is 18.2 Å². The van der Waals surface area contributed by atoms with E-state index in [0.29, 0.717) is 51.5 Å². The Morgan fingerprint density at radius 1 is 0.309 bits per heavy atom. The van der Waals surface area contributed by atoms with Crippen LogP contribution in [0.3, 0.4) is 0 Å². The van der Waals surface area contributed by atoms with Crippen LogP contribution in [0.2, 0.25) is 0 Å². The van der Waals surface area contributed by atoms with Crippen molar-refractivity contribution in [2.75, 3.05) is 67.5 Å². The lowest BCUT2D eigenvalue weighted by atomic mass is 9.88. The predicted octanol–water partition coefficient (Wildman–Crippen LogP) is 13.3. The average Bonchev–Trinajstić information content (AvgIpc) is 0.965. The Hall–Kier alpha value is -8.60. The molecule has 0 aromatic rings. The maximum Gasteiger partial charge on any atom is 0.296 e. The third-order valence-electron chi connectivity index (χ3n) is 14.0. The molecule has 0 aliphatic rings. The number of carbonyl (C=O) groups excluding carboxylic acids is 16. The highest BCUT2D eigenvalue weighted by atomic mass is 16.2. The fourth-order valence-electron chi connectivity index (χ4n) is 6.31. The molecule has 0 aliphatic carbocycles. The molecule has 0 fully saturated rings. The van der Waals surface area contributed by atoms with Gasteiger partial charge in [-0.15, -0.1) is 0 Å². The first-order valence-electron chi connectivity index (χ1n) is 37.0. The number of nitrogens with zero attached hydrogens (tertiary/aromatic N) is 2. The summed E-state index contributed by atoms with van der Waals surface area (Å²) in [6, 6.07) is 0. The smallest absolute Gasteiger partial charge is 0.296 e. The molecule has 4 N–H and O–H groups in total. The number of allylic oxidation sites excluding steroid dienone is 5. The number of Topliss-reactive ketones (excluding diaryl/α,β-unsaturated/α-hetero) is 9. The molecule has 624 valence electrons. The van der Waals surface area contributed by atoms with E-state index >= 15 is 0 Å². The van der Waals surface area contributed by atoms with Gasteiger partial charge in [-0.25, -0.2) is 0 Å². The van der Waals surface area contributed by atoms with Crippen molar-refractivity contribution in [1.82, 2.24) is 31.1 Å². The van der Waals surface area contributed by atoms with Gasteiger partial charge in [-0.3, -0.25) is 76.7 Å². The quantitative estimate of drug-likeness (QED) is 0.0295. The molecule has 0 aromatic carbocycles. The van der Waals surface area contributed by atoms with Crippen molar-refractivity contribution in [3.8, 4) is 23.7 Å². The van der Waals surface area contributed by atoms with Crippen LogP contribution in [0.15, 0.2) is 72.9 Å². The van der Waals surface area contributed by atoms with E-state index in [0.717, 1.165) is 23.8 Å². The molecule has 0 bridgehead atoms. The monoisotopic (exact) mass is 1540 g/mol. The third-order valence-corrected chi connectivity index (χ3v) is 14.0. The van der Waals surface area contributed by atoms with Crippen LogP contribution >= 0.6 is 0 Å². The standard InChI is InChI=1S/C13H23NO2.C12H22N2O2.C12H20O2.C11H19NO2.C11H16O2.C10H15NO2.C10H16O2.C9H15NO2/c1-13(2,3)12(16)9-8-11(15)7-6-10-14(4)5;1-12(2,3)10(15)9-13-11(16)7-6-8-14(4)5;1-9(2)8-10(13)6-7-11(14)12(3,4)5;1-8(2)6-10(14)12-7-9(13)11(3,4)5;1-5-6-9(12)7-8-10(13)11(2,3)4;1-5-6-9(13)11-7-8(12)10(2,3)4;1-5-8(11)6-7-9(12)10(2,3)4;1-5-8(12)10-6-7(11)9(2,3)4/h6-7H,8-10H2,1-5H3;6-7H,8-9H2,1-5H3,(H,13,16);8H,6-7H2,1-5H3;6H,7H2,1-5H3,(H,12,14);7-8H2,1-4H3;7H2,1-4H3,(H,11,13);5H,1,6-7H2,2-4H3;5H,1,6H2,2-4H3,(H,10,12)/b2*7-6+;;;;;;. The first kappa shape index (κ1) is 117. The van der Waals surface area contributed by atoms with Gasteiger partial charge in [0.2, 0.25) is 23.5 Å². The summed E-state index contributed by atoms with van der Waals surface area (Å²) in [5.74, 6) is 8.99. The topological polar surface area (TPSA) is 328 Å². The number of nitrogens with one attached hydrogen (secondary N) is 4. The molecule has 0 unspecified atom stereocenters. The highest BCUT2D eigenvalue weighted by Crippen LogP contribution is 2.22. The zero-order chi connectivity index (χ0) is 88.8. The third kappa shape index (κ3) is 80.4. The first-order chi connectivity index (χ1) is 49.4. The molecular formula is C88H146N6O16. The van der Waals surface area contributed by atoms with Crippen LogP contribution in [-0.2, 0) is 76.7 Å². The highest BCUT2D eigenvalue weighted by Gasteiger charge is 2.27. The van der Waals surface area contributed by atoms with Gasteiger partial charge in [-0.2, -0.15) is 0 Å². The number of hydrogen-bond donors (Lipinski definition) is 4. The summed E-state index contributed by atoms with van der Waals surface area (Å²) in [5.41, 5.74) is -1.04. The molecule has 0 rings (SSSR count). The van der Waals surface area contributed by atoms with Crippen molar-refractivity contribution >= 4 is 93.0 Å². The Labute approximate surface area is 664 Å². The Morgan fingerprint density at radius 3 is 0.864 bits per heavy atom. The minimum absolute atomic E-state index is 0.00115. The van der Waals surface area contributed by atoms with E-state index in [1.54, 1.807) is 32.1 Å². The number of hydrogen-bond acceptors (Lipinski definition) is 18. The van der Waals surface area contributed by atoms with Gasteiger partial charge in [-0.05, 0) is 106 Å². The molecule has 0 spiro atoms. The van der Waals surface area contributed by atoms with E-state index in [-0.39, 0.29) is 141 Å². The van der Waals surface area contributed by atoms with E-state index in [4.69, 9.17) is 0 Å².